The molecule has 0 spiro atoms. The maximum Gasteiger partial charge on any atom is 0.317 e. The van der Waals surface area contributed by atoms with E-state index < -0.39 is 0 Å². The van der Waals surface area contributed by atoms with Crippen LogP contribution in [0.5, 0.6) is 6.01 Å². The lowest BCUT2D eigenvalue weighted by atomic mass is 10.3. The molecule has 0 aliphatic rings. The van der Waals surface area contributed by atoms with Crippen LogP contribution in [-0.2, 0) is 18.8 Å². The van der Waals surface area contributed by atoms with Gasteiger partial charge < -0.3 is 14.4 Å². The molecule has 0 aliphatic heterocycles. The van der Waals surface area contributed by atoms with E-state index in [0.29, 0.717) is 29.5 Å². The molecular formula is C20H28BrN7O3. The highest BCUT2D eigenvalue weighted by Gasteiger charge is 2.12. The number of hydrogen-bond donors (Lipinski definition) is 0. The molecule has 0 radical (unpaired) electrons. The fourth-order valence-corrected chi connectivity index (χ4v) is 3.05. The van der Waals surface area contributed by atoms with Gasteiger partial charge in [0, 0.05) is 32.4 Å². The van der Waals surface area contributed by atoms with E-state index in [4.69, 9.17) is 9.47 Å². The van der Waals surface area contributed by atoms with Crippen LogP contribution in [0, 0.1) is 0 Å². The standard InChI is InChI=1S/C13H20BrN5O2.C7H8N2O/c1-9(8-20-6-5-18(2)3)21-13-15-7-10-11(16-13)12(14)17-19(10)4;1-3-6-4-9(2)8-7(6)5-10/h7,9H,5-6,8H2,1-4H3;3-5H,1H2,2H3/t9-;/m1./s1. The second kappa shape index (κ2) is 11.7. The first-order valence-electron chi connectivity index (χ1n) is 9.60. The van der Waals surface area contributed by atoms with Gasteiger partial charge in [0.1, 0.15) is 22.8 Å². The monoisotopic (exact) mass is 493 g/mol. The molecule has 31 heavy (non-hydrogen) atoms. The Bertz CT molecular complexity index is 990. The van der Waals surface area contributed by atoms with E-state index in [0.717, 1.165) is 29.4 Å². The Morgan fingerprint density at radius 3 is 2.68 bits per heavy atom. The van der Waals surface area contributed by atoms with E-state index in [-0.39, 0.29) is 6.10 Å². The van der Waals surface area contributed by atoms with Gasteiger partial charge in [-0.3, -0.25) is 14.2 Å². The molecule has 1 atom stereocenters. The maximum absolute atomic E-state index is 10.3. The SMILES string of the molecule is C=Cc1cn(C)nc1C=O.C[C@H](COCCN(C)C)Oc1ncc2c(n1)c(Br)nn2C. The fraction of sp³-hybridized carbons (Fsp3) is 0.450. The minimum absolute atomic E-state index is 0.111. The summed E-state index contributed by atoms with van der Waals surface area (Å²) in [4.78, 5) is 20.9. The number of halogens is 1. The van der Waals surface area contributed by atoms with Crippen molar-refractivity contribution in [3.8, 4) is 6.01 Å². The van der Waals surface area contributed by atoms with Gasteiger partial charge in [0.25, 0.3) is 0 Å². The number of likely N-dealkylation sites (N-methyl/N-ethyl adjacent to an activating group) is 1. The molecule has 0 saturated heterocycles. The van der Waals surface area contributed by atoms with E-state index in [1.165, 1.54) is 0 Å². The number of carbonyl (C=O) groups excluding carboxylic acids is 1. The van der Waals surface area contributed by atoms with Crippen LogP contribution in [0.25, 0.3) is 17.1 Å². The second-order valence-electron chi connectivity index (χ2n) is 7.07. The van der Waals surface area contributed by atoms with Gasteiger partial charge in [-0.25, -0.2) is 4.98 Å². The number of carbonyl (C=O) groups is 1. The van der Waals surface area contributed by atoms with Gasteiger partial charge in [0.2, 0.25) is 0 Å². The third-order valence-electron chi connectivity index (χ3n) is 4.09. The third kappa shape index (κ3) is 7.23. The molecule has 0 N–H and O–H groups in total. The number of hydrogen-bond acceptors (Lipinski definition) is 8. The summed E-state index contributed by atoms with van der Waals surface area (Å²) in [5.74, 6) is 0. The summed E-state index contributed by atoms with van der Waals surface area (Å²) >= 11 is 3.38. The fourth-order valence-electron chi connectivity index (χ4n) is 2.52. The summed E-state index contributed by atoms with van der Waals surface area (Å²) in [5.41, 5.74) is 2.81. The van der Waals surface area contributed by atoms with Gasteiger partial charge in [-0.2, -0.15) is 15.2 Å². The molecule has 3 heterocycles. The topological polar surface area (TPSA) is 100 Å². The van der Waals surface area contributed by atoms with Gasteiger partial charge in [-0.15, -0.1) is 0 Å². The quantitative estimate of drug-likeness (QED) is 0.330. The van der Waals surface area contributed by atoms with Crippen LogP contribution in [0.2, 0.25) is 0 Å². The van der Waals surface area contributed by atoms with Crippen LogP contribution in [0.15, 0.2) is 23.6 Å². The van der Waals surface area contributed by atoms with E-state index >= 15 is 0 Å². The van der Waals surface area contributed by atoms with Crippen molar-refractivity contribution in [1.82, 2.24) is 34.4 Å². The number of fused-ring (bicyclic) bond motifs is 1. The lowest BCUT2D eigenvalue weighted by Crippen LogP contribution is -2.24. The first-order valence-corrected chi connectivity index (χ1v) is 10.4. The third-order valence-corrected chi connectivity index (χ3v) is 4.62. The molecule has 0 fully saturated rings. The summed E-state index contributed by atoms with van der Waals surface area (Å²) in [6, 6.07) is 0.333. The Morgan fingerprint density at radius 2 is 2.06 bits per heavy atom. The molecule has 3 aromatic rings. The molecular weight excluding hydrogens is 466 g/mol. The highest BCUT2D eigenvalue weighted by atomic mass is 79.9. The predicted molar refractivity (Wildman–Crippen MR) is 122 cm³/mol. The van der Waals surface area contributed by atoms with Crippen molar-refractivity contribution >= 4 is 39.3 Å². The average molecular weight is 494 g/mol. The summed E-state index contributed by atoms with van der Waals surface area (Å²) in [5, 5.41) is 8.11. The molecule has 0 aliphatic carbocycles. The molecule has 0 bridgehead atoms. The van der Waals surface area contributed by atoms with E-state index in [1.54, 1.807) is 34.9 Å². The molecule has 0 saturated carbocycles. The maximum atomic E-state index is 10.3. The minimum Gasteiger partial charge on any atom is -0.458 e. The summed E-state index contributed by atoms with van der Waals surface area (Å²) in [6.07, 6.45) is 5.67. The van der Waals surface area contributed by atoms with E-state index in [9.17, 15) is 4.79 Å². The Hall–Kier alpha value is -2.63. The van der Waals surface area contributed by atoms with Gasteiger partial charge in [-0.05, 0) is 36.9 Å². The number of aldehydes is 1. The molecule has 10 nitrogen and oxygen atoms in total. The molecule has 3 aromatic heterocycles. The summed E-state index contributed by atoms with van der Waals surface area (Å²) < 4.78 is 15.2. The Labute approximate surface area is 190 Å². The number of ether oxygens (including phenoxy) is 2. The first-order chi connectivity index (χ1) is 14.7. The zero-order valence-corrected chi connectivity index (χ0v) is 20.0. The van der Waals surface area contributed by atoms with Crippen LogP contribution in [0.3, 0.4) is 0 Å². The molecule has 168 valence electrons. The Morgan fingerprint density at radius 1 is 1.32 bits per heavy atom. The van der Waals surface area contributed by atoms with Gasteiger partial charge in [0.05, 0.1) is 19.4 Å². The van der Waals surface area contributed by atoms with Crippen molar-refractivity contribution < 1.29 is 14.3 Å². The molecule has 0 aromatic carbocycles. The molecule has 11 heteroatoms. The van der Waals surface area contributed by atoms with Crippen LogP contribution >= 0.6 is 15.9 Å². The van der Waals surface area contributed by atoms with Crippen LogP contribution in [-0.4, -0.2) is 80.7 Å². The second-order valence-corrected chi connectivity index (χ2v) is 7.82. The summed E-state index contributed by atoms with van der Waals surface area (Å²) in [6.45, 7) is 7.54. The van der Waals surface area contributed by atoms with Crippen molar-refractivity contribution in [3.63, 3.8) is 0 Å². The Balaban J connectivity index is 0.000000285. The number of aromatic nitrogens is 6. The zero-order valence-electron chi connectivity index (χ0n) is 18.4. The average Bonchev–Trinajstić information content (AvgIpc) is 3.24. The van der Waals surface area contributed by atoms with Crippen molar-refractivity contribution in [2.24, 2.45) is 14.1 Å². The number of rotatable bonds is 9. The highest BCUT2D eigenvalue weighted by Crippen LogP contribution is 2.21. The van der Waals surface area contributed by atoms with Gasteiger partial charge >= 0.3 is 6.01 Å². The first kappa shape index (κ1) is 24.6. The smallest absolute Gasteiger partial charge is 0.317 e. The highest BCUT2D eigenvalue weighted by molar-refractivity contribution is 9.10. The zero-order chi connectivity index (χ0) is 23.0. The normalized spacial score (nSPS) is 11.8. The molecule has 0 amide bonds. The van der Waals surface area contributed by atoms with Gasteiger partial charge in [0.15, 0.2) is 10.9 Å². The van der Waals surface area contributed by atoms with Crippen molar-refractivity contribution in [3.05, 3.63) is 34.8 Å². The Kier molecular flexibility index (Phi) is 9.28. The molecule has 0 unspecified atom stereocenters. The lowest BCUT2D eigenvalue weighted by molar-refractivity contribution is 0.0476. The minimum atomic E-state index is -0.111. The van der Waals surface area contributed by atoms with Crippen LogP contribution < -0.4 is 4.74 Å². The van der Waals surface area contributed by atoms with Gasteiger partial charge in [-0.1, -0.05) is 12.7 Å². The largest absolute Gasteiger partial charge is 0.458 e. The predicted octanol–water partition coefficient (Wildman–Crippen LogP) is 2.35. The lowest BCUT2D eigenvalue weighted by Gasteiger charge is -2.14. The van der Waals surface area contributed by atoms with E-state index in [1.807, 2.05) is 28.1 Å². The van der Waals surface area contributed by atoms with E-state index in [2.05, 4.69) is 47.6 Å². The van der Waals surface area contributed by atoms with Crippen molar-refractivity contribution in [2.75, 3.05) is 33.9 Å². The molecule has 3 rings (SSSR count). The van der Waals surface area contributed by atoms with Crippen LogP contribution in [0.4, 0.5) is 0 Å². The van der Waals surface area contributed by atoms with Crippen molar-refractivity contribution in [2.45, 2.75) is 13.0 Å². The number of aryl methyl sites for hydroxylation is 2. The van der Waals surface area contributed by atoms with Crippen LogP contribution in [0.1, 0.15) is 23.0 Å². The number of nitrogens with zero attached hydrogens (tertiary/aromatic N) is 7. The summed E-state index contributed by atoms with van der Waals surface area (Å²) in [7, 11) is 7.63. The van der Waals surface area contributed by atoms with Crippen molar-refractivity contribution in [1.29, 1.82) is 0 Å².